The van der Waals surface area contributed by atoms with E-state index < -0.39 is 0 Å². The Morgan fingerprint density at radius 2 is 2.40 bits per heavy atom. The summed E-state index contributed by atoms with van der Waals surface area (Å²) in [6, 6.07) is 8.61. The Morgan fingerprint density at radius 3 is 3.13 bits per heavy atom. The van der Waals surface area contributed by atoms with Crippen LogP contribution >= 0.6 is 0 Å². The van der Waals surface area contributed by atoms with Gasteiger partial charge in [-0.25, -0.2) is 5.90 Å². The molecule has 1 heterocycles. The van der Waals surface area contributed by atoms with E-state index in [2.05, 4.69) is 29.1 Å². The molecule has 0 radical (unpaired) electrons. The Balaban J connectivity index is 2.04. The molecule has 1 atom stereocenters. The van der Waals surface area contributed by atoms with E-state index in [1.165, 1.54) is 11.1 Å². The van der Waals surface area contributed by atoms with Crippen molar-refractivity contribution in [2.75, 3.05) is 19.8 Å². The quantitative estimate of drug-likeness (QED) is 0.763. The molecule has 0 bridgehead atoms. The standard InChI is InChI=1S/C12H17NO2/c13-15-7-4-10-2-1-3-11(8-10)12-5-6-14-9-12/h1-3,8,12H,4-7,9,13H2. The zero-order valence-corrected chi connectivity index (χ0v) is 8.82. The summed E-state index contributed by atoms with van der Waals surface area (Å²) in [4.78, 5) is 4.59. The summed E-state index contributed by atoms with van der Waals surface area (Å²) >= 11 is 0. The minimum absolute atomic E-state index is 0.573. The molecule has 1 aromatic rings. The van der Waals surface area contributed by atoms with E-state index >= 15 is 0 Å². The Bertz CT molecular complexity index is 308. The van der Waals surface area contributed by atoms with E-state index in [0.29, 0.717) is 12.5 Å². The number of nitrogens with two attached hydrogens (primary N) is 1. The van der Waals surface area contributed by atoms with Gasteiger partial charge in [0.05, 0.1) is 13.2 Å². The third-order valence-corrected chi connectivity index (χ3v) is 2.86. The number of ether oxygens (including phenoxy) is 1. The van der Waals surface area contributed by atoms with Crippen molar-refractivity contribution >= 4 is 0 Å². The molecule has 0 aliphatic carbocycles. The van der Waals surface area contributed by atoms with Crippen molar-refractivity contribution in [3.8, 4) is 0 Å². The van der Waals surface area contributed by atoms with Crippen LogP contribution in [0.1, 0.15) is 23.5 Å². The number of rotatable bonds is 4. The van der Waals surface area contributed by atoms with Gasteiger partial charge < -0.3 is 9.57 Å². The zero-order chi connectivity index (χ0) is 10.5. The Morgan fingerprint density at radius 1 is 1.47 bits per heavy atom. The van der Waals surface area contributed by atoms with Crippen LogP contribution in [0.15, 0.2) is 24.3 Å². The summed E-state index contributed by atoms with van der Waals surface area (Å²) in [6.07, 6.45) is 2.01. The molecule has 15 heavy (non-hydrogen) atoms. The van der Waals surface area contributed by atoms with Crippen LogP contribution in [0.25, 0.3) is 0 Å². The molecule has 82 valence electrons. The Hall–Kier alpha value is -0.900. The minimum Gasteiger partial charge on any atom is -0.381 e. The highest BCUT2D eigenvalue weighted by atomic mass is 16.6. The van der Waals surface area contributed by atoms with E-state index in [4.69, 9.17) is 10.6 Å². The molecule has 3 nitrogen and oxygen atoms in total. The summed E-state index contributed by atoms with van der Waals surface area (Å²) < 4.78 is 5.39. The van der Waals surface area contributed by atoms with Gasteiger partial charge in [-0.15, -0.1) is 0 Å². The van der Waals surface area contributed by atoms with E-state index in [1.54, 1.807) is 0 Å². The van der Waals surface area contributed by atoms with Gasteiger partial charge in [-0.05, 0) is 24.0 Å². The van der Waals surface area contributed by atoms with Gasteiger partial charge in [0.25, 0.3) is 0 Å². The second kappa shape index (κ2) is 5.26. The summed E-state index contributed by atoms with van der Waals surface area (Å²) in [5, 5.41) is 0. The second-order valence-corrected chi connectivity index (χ2v) is 3.93. The van der Waals surface area contributed by atoms with Crippen molar-refractivity contribution in [1.29, 1.82) is 0 Å². The van der Waals surface area contributed by atoms with Gasteiger partial charge in [-0.3, -0.25) is 0 Å². The highest BCUT2D eigenvalue weighted by molar-refractivity contribution is 5.27. The van der Waals surface area contributed by atoms with Gasteiger partial charge in [0.15, 0.2) is 0 Å². The van der Waals surface area contributed by atoms with Gasteiger partial charge in [0.1, 0.15) is 0 Å². The van der Waals surface area contributed by atoms with Crippen molar-refractivity contribution < 1.29 is 9.57 Å². The maximum Gasteiger partial charge on any atom is 0.0719 e. The van der Waals surface area contributed by atoms with Crippen molar-refractivity contribution in [2.45, 2.75) is 18.8 Å². The molecule has 2 N–H and O–H groups in total. The largest absolute Gasteiger partial charge is 0.381 e. The fraction of sp³-hybridized carbons (Fsp3) is 0.500. The topological polar surface area (TPSA) is 44.5 Å². The maximum absolute atomic E-state index is 5.39. The first kappa shape index (κ1) is 10.6. The van der Waals surface area contributed by atoms with Crippen LogP contribution < -0.4 is 5.90 Å². The van der Waals surface area contributed by atoms with Crippen LogP contribution in [0.3, 0.4) is 0 Å². The van der Waals surface area contributed by atoms with Crippen LogP contribution in [0.5, 0.6) is 0 Å². The molecular weight excluding hydrogens is 190 g/mol. The van der Waals surface area contributed by atoms with Crippen molar-refractivity contribution in [2.24, 2.45) is 5.90 Å². The third-order valence-electron chi connectivity index (χ3n) is 2.86. The number of hydrogen-bond acceptors (Lipinski definition) is 3. The van der Waals surface area contributed by atoms with Crippen molar-refractivity contribution in [3.63, 3.8) is 0 Å². The lowest BCUT2D eigenvalue weighted by Crippen LogP contribution is -2.04. The van der Waals surface area contributed by atoms with Gasteiger partial charge in [0.2, 0.25) is 0 Å². The average Bonchev–Trinajstić information content (AvgIpc) is 2.80. The van der Waals surface area contributed by atoms with Gasteiger partial charge >= 0.3 is 0 Å². The average molecular weight is 207 g/mol. The van der Waals surface area contributed by atoms with E-state index in [9.17, 15) is 0 Å². The van der Waals surface area contributed by atoms with Gasteiger partial charge in [-0.1, -0.05) is 24.3 Å². The highest BCUT2D eigenvalue weighted by Crippen LogP contribution is 2.25. The molecule has 1 aliphatic rings. The fourth-order valence-corrected chi connectivity index (χ4v) is 1.98. The molecule has 1 aliphatic heterocycles. The first-order valence-electron chi connectivity index (χ1n) is 5.38. The third kappa shape index (κ3) is 2.78. The molecule has 0 saturated carbocycles. The van der Waals surface area contributed by atoms with Crippen LogP contribution in [0.2, 0.25) is 0 Å². The first-order valence-corrected chi connectivity index (χ1v) is 5.38. The Labute approximate surface area is 90.1 Å². The summed E-state index contributed by atoms with van der Waals surface area (Å²) in [5.41, 5.74) is 2.66. The molecule has 2 rings (SSSR count). The second-order valence-electron chi connectivity index (χ2n) is 3.93. The number of benzene rings is 1. The normalized spacial score (nSPS) is 20.7. The molecule has 1 aromatic carbocycles. The van der Waals surface area contributed by atoms with Gasteiger partial charge in [-0.2, -0.15) is 0 Å². The lowest BCUT2D eigenvalue weighted by molar-refractivity contribution is 0.141. The molecule has 0 aromatic heterocycles. The van der Waals surface area contributed by atoms with Crippen LogP contribution in [-0.4, -0.2) is 19.8 Å². The highest BCUT2D eigenvalue weighted by Gasteiger charge is 2.17. The zero-order valence-electron chi connectivity index (χ0n) is 8.82. The van der Waals surface area contributed by atoms with E-state index in [1.807, 2.05) is 0 Å². The lowest BCUT2D eigenvalue weighted by Gasteiger charge is -2.09. The summed E-state index contributed by atoms with van der Waals surface area (Å²) in [5.74, 6) is 5.59. The Kier molecular flexibility index (Phi) is 3.72. The molecule has 1 fully saturated rings. The monoisotopic (exact) mass is 207 g/mol. The van der Waals surface area contributed by atoms with Crippen molar-refractivity contribution in [3.05, 3.63) is 35.4 Å². The number of hydrogen-bond donors (Lipinski definition) is 1. The fourth-order valence-electron chi connectivity index (χ4n) is 1.98. The molecule has 0 amide bonds. The SMILES string of the molecule is NOCCc1cccc(C2CCOC2)c1. The maximum atomic E-state index is 5.39. The molecule has 1 unspecified atom stereocenters. The summed E-state index contributed by atoms with van der Waals surface area (Å²) in [7, 11) is 0. The lowest BCUT2D eigenvalue weighted by atomic mass is 9.96. The molecular formula is C12H17NO2. The minimum atomic E-state index is 0.573. The van der Waals surface area contributed by atoms with E-state index in [-0.39, 0.29) is 0 Å². The van der Waals surface area contributed by atoms with E-state index in [0.717, 1.165) is 26.1 Å². The van der Waals surface area contributed by atoms with Crippen LogP contribution in [-0.2, 0) is 16.0 Å². The summed E-state index contributed by atoms with van der Waals surface area (Å²) in [6.45, 7) is 2.32. The predicted molar refractivity (Wildman–Crippen MR) is 58.5 cm³/mol. The molecule has 3 heteroatoms. The predicted octanol–water partition coefficient (Wildman–Crippen LogP) is 1.62. The first-order chi connectivity index (χ1) is 7.40. The molecule has 1 saturated heterocycles. The smallest absolute Gasteiger partial charge is 0.0719 e. The van der Waals surface area contributed by atoms with Crippen LogP contribution in [0, 0.1) is 0 Å². The molecule has 0 spiro atoms. The van der Waals surface area contributed by atoms with Crippen molar-refractivity contribution in [1.82, 2.24) is 0 Å². The van der Waals surface area contributed by atoms with Gasteiger partial charge in [0, 0.05) is 12.5 Å². The van der Waals surface area contributed by atoms with Crippen LogP contribution in [0.4, 0.5) is 0 Å².